The first-order valence-electron chi connectivity index (χ1n) is 12.2. The van der Waals surface area contributed by atoms with Crippen molar-refractivity contribution >= 4 is 23.7 Å². The number of carboxylic acid groups (broad SMARTS) is 1. The minimum absolute atomic E-state index is 0.279. The van der Waals surface area contributed by atoms with Crippen LogP contribution in [0.3, 0.4) is 0 Å². The van der Waals surface area contributed by atoms with Gasteiger partial charge in [-0.2, -0.15) is 0 Å². The molecule has 1 heterocycles. The van der Waals surface area contributed by atoms with Crippen LogP contribution >= 0.6 is 12.6 Å². The highest BCUT2D eigenvalue weighted by atomic mass is 32.1. The molecule has 7 nitrogen and oxygen atoms in total. The second-order valence-electron chi connectivity index (χ2n) is 8.82. The molecule has 2 atom stereocenters. The van der Waals surface area contributed by atoms with Gasteiger partial charge in [0.25, 0.3) is 0 Å². The molecule has 0 fully saturated rings. The van der Waals surface area contributed by atoms with Crippen molar-refractivity contribution in [2.75, 3.05) is 0 Å². The number of nitrogens with zero attached hydrogens (tertiary/aromatic N) is 4. The fraction of sp³-hybridized carbons (Fsp3) is 0.640. The molecule has 2 unspecified atom stereocenters. The topological polar surface area (TPSA) is 98.0 Å². The van der Waals surface area contributed by atoms with Crippen molar-refractivity contribution in [1.29, 1.82) is 0 Å². The second kappa shape index (κ2) is 14.8. The van der Waals surface area contributed by atoms with E-state index in [2.05, 4.69) is 41.1 Å². The van der Waals surface area contributed by atoms with Gasteiger partial charge in [0.1, 0.15) is 6.54 Å². The standard InChI is InChI=1S/C25H38N4O3S/c1-3-4-5-6-7-8-9-10-11-12-15-20-16-13-14-17-21(20)23(19(2)25(32)33)24-26-27-28-29(24)18-22(30)31/h13-14,16-17,19,23H,3-12,15,18H2,1-2H3,(H,30,31)(H,32,33). The number of thiol groups is 1. The molecule has 0 spiro atoms. The monoisotopic (exact) mass is 474 g/mol. The van der Waals surface area contributed by atoms with Crippen LogP contribution in [0.25, 0.3) is 0 Å². The molecule has 0 saturated carbocycles. The molecule has 0 aliphatic heterocycles. The Balaban J connectivity index is 2.03. The second-order valence-corrected chi connectivity index (χ2v) is 9.26. The number of tetrazole rings is 1. The molecule has 0 amide bonds. The van der Waals surface area contributed by atoms with Crippen LogP contribution in [0, 0.1) is 5.92 Å². The van der Waals surface area contributed by atoms with E-state index >= 15 is 0 Å². The molecule has 182 valence electrons. The van der Waals surface area contributed by atoms with Crippen LogP contribution in [0.1, 0.15) is 101 Å². The molecule has 8 heteroatoms. The molecule has 0 aliphatic carbocycles. The van der Waals surface area contributed by atoms with Crippen molar-refractivity contribution in [3.63, 3.8) is 0 Å². The first-order valence-corrected chi connectivity index (χ1v) is 12.7. The lowest BCUT2D eigenvalue weighted by Gasteiger charge is -2.23. The highest BCUT2D eigenvalue weighted by Crippen LogP contribution is 2.34. The van der Waals surface area contributed by atoms with Crippen molar-refractivity contribution in [3.8, 4) is 0 Å². The highest BCUT2D eigenvalue weighted by molar-refractivity contribution is 7.96. The molecule has 1 N–H and O–H groups in total. The predicted molar refractivity (Wildman–Crippen MR) is 132 cm³/mol. The van der Waals surface area contributed by atoms with Crippen molar-refractivity contribution < 1.29 is 14.7 Å². The van der Waals surface area contributed by atoms with E-state index < -0.39 is 17.8 Å². The Morgan fingerprint density at radius 2 is 1.61 bits per heavy atom. The number of carbonyl (C=O) groups is 2. The maximum Gasteiger partial charge on any atom is 0.325 e. The number of aliphatic carboxylic acids is 1. The predicted octanol–water partition coefficient (Wildman–Crippen LogP) is 5.45. The van der Waals surface area contributed by atoms with Gasteiger partial charge in [-0.1, -0.05) is 95.9 Å². The van der Waals surface area contributed by atoms with Crippen LogP contribution in [0.5, 0.6) is 0 Å². The first kappa shape index (κ1) is 27.0. The fourth-order valence-corrected chi connectivity index (χ4v) is 4.47. The van der Waals surface area contributed by atoms with Gasteiger partial charge in [-0.3, -0.25) is 9.59 Å². The maximum atomic E-state index is 12.2. The van der Waals surface area contributed by atoms with Crippen molar-refractivity contribution in [2.45, 2.75) is 96.9 Å². The Bertz CT molecular complexity index is 871. The van der Waals surface area contributed by atoms with Gasteiger partial charge >= 0.3 is 5.97 Å². The number of aromatic nitrogens is 4. The molecule has 0 aliphatic rings. The van der Waals surface area contributed by atoms with Crippen molar-refractivity contribution in [3.05, 3.63) is 41.2 Å². The van der Waals surface area contributed by atoms with Crippen LogP contribution in [0.2, 0.25) is 0 Å². The summed E-state index contributed by atoms with van der Waals surface area (Å²) in [7, 11) is 0. The third-order valence-electron chi connectivity index (χ3n) is 6.20. The van der Waals surface area contributed by atoms with E-state index in [4.69, 9.17) is 0 Å². The van der Waals surface area contributed by atoms with Gasteiger partial charge < -0.3 is 5.11 Å². The molecule has 1 aromatic carbocycles. The van der Waals surface area contributed by atoms with Gasteiger partial charge in [-0.05, 0) is 34.4 Å². The number of unbranched alkanes of at least 4 members (excludes halogenated alkanes) is 9. The number of hydrogen-bond acceptors (Lipinski definition) is 5. The average Bonchev–Trinajstić information content (AvgIpc) is 3.23. The Morgan fingerprint density at radius 3 is 2.21 bits per heavy atom. The molecule has 0 bridgehead atoms. The summed E-state index contributed by atoms with van der Waals surface area (Å²) in [5.41, 5.74) is 2.11. The SMILES string of the molecule is CCCCCCCCCCCCc1ccccc1C(c1nnnn1CC(=O)O)C(C)C(=O)S. The van der Waals surface area contributed by atoms with Gasteiger partial charge in [0.2, 0.25) is 0 Å². The summed E-state index contributed by atoms with van der Waals surface area (Å²) < 4.78 is 1.26. The van der Waals surface area contributed by atoms with Crippen molar-refractivity contribution in [1.82, 2.24) is 20.2 Å². The Morgan fingerprint density at radius 1 is 1.00 bits per heavy atom. The van der Waals surface area contributed by atoms with E-state index in [1.54, 1.807) is 6.92 Å². The number of rotatable bonds is 17. The van der Waals surface area contributed by atoms with Crippen molar-refractivity contribution in [2.24, 2.45) is 5.92 Å². The number of benzene rings is 1. The third-order valence-corrected chi connectivity index (χ3v) is 6.61. The zero-order valence-corrected chi connectivity index (χ0v) is 20.8. The third kappa shape index (κ3) is 8.91. The van der Waals surface area contributed by atoms with Crippen LogP contribution in [0.4, 0.5) is 0 Å². The summed E-state index contributed by atoms with van der Waals surface area (Å²) >= 11 is 4.06. The van der Waals surface area contributed by atoms with E-state index in [1.807, 2.05) is 18.2 Å². The van der Waals surface area contributed by atoms with Gasteiger partial charge in [-0.15, -0.1) is 17.7 Å². The zero-order chi connectivity index (χ0) is 24.1. The summed E-state index contributed by atoms with van der Waals surface area (Å²) in [6.07, 6.45) is 13.7. The number of carboxylic acids is 1. The maximum absolute atomic E-state index is 12.2. The minimum atomic E-state index is -1.04. The molecule has 2 aromatic rings. The summed E-state index contributed by atoms with van der Waals surface area (Å²) in [6.45, 7) is 3.68. The summed E-state index contributed by atoms with van der Waals surface area (Å²) in [5.74, 6) is -1.61. The number of carbonyl (C=O) groups excluding carboxylic acids is 1. The van der Waals surface area contributed by atoms with E-state index in [-0.39, 0.29) is 11.7 Å². The van der Waals surface area contributed by atoms with Gasteiger partial charge in [0.05, 0.1) is 5.92 Å². The molecular formula is C25H38N4O3S. The normalized spacial score (nSPS) is 13.1. The quantitative estimate of drug-likeness (QED) is 0.234. The Labute approximate surface area is 202 Å². The number of hydrogen-bond donors (Lipinski definition) is 2. The van der Waals surface area contributed by atoms with E-state index in [1.165, 1.54) is 62.5 Å². The Hall–Kier alpha value is -2.22. The molecular weight excluding hydrogens is 436 g/mol. The minimum Gasteiger partial charge on any atom is -0.480 e. The lowest BCUT2D eigenvalue weighted by Crippen LogP contribution is -2.24. The zero-order valence-electron chi connectivity index (χ0n) is 19.9. The summed E-state index contributed by atoms with van der Waals surface area (Å²) in [6, 6.07) is 8.01. The van der Waals surface area contributed by atoms with E-state index in [0.29, 0.717) is 5.82 Å². The van der Waals surface area contributed by atoms with Gasteiger partial charge in [0, 0.05) is 5.92 Å². The van der Waals surface area contributed by atoms with E-state index in [0.717, 1.165) is 24.0 Å². The molecule has 0 saturated heterocycles. The molecule has 2 rings (SSSR count). The van der Waals surface area contributed by atoms with Crippen LogP contribution in [-0.4, -0.2) is 36.4 Å². The summed E-state index contributed by atoms with van der Waals surface area (Å²) in [4.78, 5) is 23.5. The molecule has 1 aromatic heterocycles. The number of aryl methyl sites for hydroxylation is 1. The van der Waals surface area contributed by atoms with Gasteiger partial charge in [0.15, 0.2) is 10.9 Å². The van der Waals surface area contributed by atoms with Crippen LogP contribution in [0.15, 0.2) is 24.3 Å². The van der Waals surface area contributed by atoms with E-state index in [9.17, 15) is 14.7 Å². The van der Waals surface area contributed by atoms with Crippen LogP contribution in [-0.2, 0) is 22.6 Å². The summed E-state index contributed by atoms with van der Waals surface area (Å²) in [5, 5.41) is 20.6. The lowest BCUT2D eigenvalue weighted by atomic mass is 9.83. The largest absolute Gasteiger partial charge is 0.480 e. The highest BCUT2D eigenvalue weighted by Gasteiger charge is 2.32. The first-order chi connectivity index (χ1) is 16.0. The Kier molecular flexibility index (Phi) is 12.1. The molecule has 33 heavy (non-hydrogen) atoms. The average molecular weight is 475 g/mol. The molecule has 0 radical (unpaired) electrons. The smallest absolute Gasteiger partial charge is 0.325 e. The lowest BCUT2D eigenvalue weighted by molar-refractivity contribution is -0.138. The van der Waals surface area contributed by atoms with Crippen LogP contribution < -0.4 is 0 Å². The van der Waals surface area contributed by atoms with Gasteiger partial charge in [-0.25, -0.2) is 4.68 Å². The fourth-order valence-electron chi connectivity index (χ4n) is 4.32.